The van der Waals surface area contributed by atoms with Gasteiger partial charge in [-0.25, -0.2) is 9.07 Å². The molecule has 1 fully saturated rings. The fourth-order valence-corrected chi connectivity index (χ4v) is 4.81. The van der Waals surface area contributed by atoms with E-state index in [2.05, 4.69) is 68.6 Å². The summed E-state index contributed by atoms with van der Waals surface area (Å²) in [5, 5.41) is 12.8. The lowest BCUT2D eigenvalue weighted by Crippen LogP contribution is -2.48. The molecule has 0 unspecified atom stereocenters. The number of ether oxygens (including phenoxy) is 1. The summed E-state index contributed by atoms with van der Waals surface area (Å²) in [6, 6.07) is 23.2. The minimum absolute atomic E-state index is 0.0746. The Kier molecular flexibility index (Phi) is 7.34. The fraction of sp³-hybridized carbons (Fsp3) is 0.321. The largest absolute Gasteiger partial charge is 0.496 e. The van der Waals surface area contributed by atoms with Crippen molar-refractivity contribution in [2.75, 3.05) is 33.3 Å². The monoisotopic (exact) mass is 486 g/mol. The predicted octanol–water partition coefficient (Wildman–Crippen LogP) is 4.08. The molecule has 0 aliphatic carbocycles. The van der Waals surface area contributed by atoms with Crippen molar-refractivity contribution in [2.24, 2.45) is 0 Å². The summed E-state index contributed by atoms with van der Waals surface area (Å²) in [4.78, 5) is 4.91. The first-order chi connectivity index (χ1) is 17.6. The van der Waals surface area contributed by atoms with Gasteiger partial charge in [0.15, 0.2) is 5.82 Å². The Balaban J connectivity index is 1.37. The summed E-state index contributed by atoms with van der Waals surface area (Å²) < 4.78 is 20.8. The molecule has 1 aromatic heterocycles. The van der Waals surface area contributed by atoms with Crippen LogP contribution in [0.4, 0.5) is 4.39 Å². The molecule has 186 valence electrons. The highest BCUT2D eigenvalue weighted by Gasteiger charge is 2.30. The summed E-state index contributed by atoms with van der Waals surface area (Å²) in [6.45, 7) is 7.07. The standard InChI is InChI=1S/C28H31FN6O/c1-21-7-11-23(12-8-21)27(28-30-31-32-35(28)19-22-9-13-25(29)14-10-22)34-17-15-33(16-18-34)20-24-5-3-4-6-26(24)36-2/h3-14,27H,15-20H2,1-2H3/t27-/m1/s1. The molecule has 0 N–H and O–H groups in total. The van der Waals surface area contributed by atoms with Gasteiger partial charge >= 0.3 is 0 Å². The molecule has 5 rings (SSSR count). The highest BCUT2D eigenvalue weighted by atomic mass is 19.1. The normalized spacial score (nSPS) is 15.6. The van der Waals surface area contributed by atoms with E-state index in [-0.39, 0.29) is 11.9 Å². The number of halogens is 1. The number of hydrogen-bond acceptors (Lipinski definition) is 6. The molecule has 0 bridgehead atoms. The molecule has 3 aromatic carbocycles. The second-order valence-corrected chi connectivity index (χ2v) is 9.26. The van der Waals surface area contributed by atoms with Gasteiger partial charge in [-0.05, 0) is 46.7 Å². The minimum atomic E-state index is -0.251. The average Bonchev–Trinajstić information content (AvgIpc) is 3.35. The molecule has 0 radical (unpaired) electrons. The van der Waals surface area contributed by atoms with Crippen molar-refractivity contribution in [3.05, 3.63) is 107 Å². The van der Waals surface area contributed by atoms with Gasteiger partial charge in [0.2, 0.25) is 0 Å². The molecular formula is C28H31FN6O. The minimum Gasteiger partial charge on any atom is -0.496 e. The number of hydrogen-bond donors (Lipinski definition) is 0. The van der Waals surface area contributed by atoms with E-state index in [1.165, 1.54) is 23.3 Å². The topological polar surface area (TPSA) is 59.3 Å². The second-order valence-electron chi connectivity index (χ2n) is 9.26. The van der Waals surface area contributed by atoms with Gasteiger partial charge in [-0.3, -0.25) is 9.80 Å². The first kappa shape index (κ1) is 24.1. The molecule has 4 aromatic rings. The van der Waals surface area contributed by atoms with Crippen LogP contribution in [0.25, 0.3) is 0 Å². The quantitative estimate of drug-likeness (QED) is 0.374. The van der Waals surface area contributed by atoms with Crippen LogP contribution in [0.1, 0.15) is 34.1 Å². The predicted molar refractivity (Wildman–Crippen MR) is 136 cm³/mol. The van der Waals surface area contributed by atoms with E-state index in [1.54, 1.807) is 19.2 Å². The van der Waals surface area contributed by atoms with Crippen LogP contribution in [-0.4, -0.2) is 63.3 Å². The van der Waals surface area contributed by atoms with Gasteiger partial charge in [0.1, 0.15) is 11.6 Å². The van der Waals surface area contributed by atoms with Gasteiger partial charge in [-0.15, -0.1) is 5.10 Å². The maximum absolute atomic E-state index is 13.4. The third kappa shape index (κ3) is 5.45. The van der Waals surface area contributed by atoms with Crippen molar-refractivity contribution in [1.82, 2.24) is 30.0 Å². The number of tetrazole rings is 1. The summed E-state index contributed by atoms with van der Waals surface area (Å²) >= 11 is 0. The highest BCUT2D eigenvalue weighted by molar-refractivity contribution is 5.33. The van der Waals surface area contributed by atoms with E-state index in [1.807, 2.05) is 16.8 Å². The molecule has 36 heavy (non-hydrogen) atoms. The fourth-order valence-electron chi connectivity index (χ4n) is 4.81. The molecule has 1 aliphatic rings. The van der Waals surface area contributed by atoms with Gasteiger partial charge in [-0.2, -0.15) is 0 Å². The van der Waals surface area contributed by atoms with E-state index in [0.717, 1.165) is 55.4 Å². The van der Waals surface area contributed by atoms with E-state index in [0.29, 0.717) is 6.54 Å². The van der Waals surface area contributed by atoms with E-state index < -0.39 is 0 Å². The number of piperazine rings is 1. The van der Waals surface area contributed by atoms with Gasteiger partial charge in [-0.1, -0.05) is 60.2 Å². The number of nitrogens with zero attached hydrogens (tertiary/aromatic N) is 6. The van der Waals surface area contributed by atoms with Crippen molar-refractivity contribution < 1.29 is 9.13 Å². The second kappa shape index (κ2) is 11.0. The molecular weight excluding hydrogens is 455 g/mol. The van der Waals surface area contributed by atoms with Gasteiger partial charge in [0.05, 0.1) is 19.7 Å². The van der Waals surface area contributed by atoms with Crippen molar-refractivity contribution >= 4 is 0 Å². The molecule has 1 atom stereocenters. The number of aromatic nitrogens is 4. The smallest absolute Gasteiger partial charge is 0.173 e. The lowest BCUT2D eigenvalue weighted by Gasteiger charge is -2.39. The number of para-hydroxylation sites is 1. The zero-order valence-corrected chi connectivity index (χ0v) is 20.7. The third-order valence-corrected chi connectivity index (χ3v) is 6.80. The maximum Gasteiger partial charge on any atom is 0.173 e. The molecule has 1 saturated heterocycles. The van der Waals surface area contributed by atoms with Crippen LogP contribution in [0.2, 0.25) is 0 Å². The van der Waals surface area contributed by atoms with E-state index in [9.17, 15) is 4.39 Å². The Labute approximate surface area is 211 Å². The van der Waals surface area contributed by atoms with E-state index in [4.69, 9.17) is 4.74 Å². The van der Waals surface area contributed by atoms with Crippen LogP contribution in [0.5, 0.6) is 5.75 Å². The van der Waals surface area contributed by atoms with E-state index >= 15 is 0 Å². The summed E-state index contributed by atoms with van der Waals surface area (Å²) in [5.41, 5.74) is 4.53. The molecule has 0 saturated carbocycles. The average molecular weight is 487 g/mol. The van der Waals surface area contributed by atoms with Crippen molar-refractivity contribution in [1.29, 1.82) is 0 Å². The van der Waals surface area contributed by atoms with Crippen molar-refractivity contribution in [2.45, 2.75) is 26.1 Å². The summed E-state index contributed by atoms with van der Waals surface area (Å²) in [5.74, 6) is 1.47. The Morgan fingerprint density at radius 1 is 0.889 bits per heavy atom. The van der Waals surface area contributed by atoms with Crippen molar-refractivity contribution in [3.63, 3.8) is 0 Å². The number of methoxy groups -OCH3 is 1. The summed E-state index contributed by atoms with van der Waals surface area (Å²) in [7, 11) is 1.72. The van der Waals surface area contributed by atoms with Crippen LogP contribution >= 0.6 is 0 Å². The van der Waals surface area contributed by atoms with Gasteiger partial charge < -0.3 is 4.74 Å². The van der Waals surface area contributed by atoms with Crippen LogP contribution in [-0.2, 0) is 13.1 Å². The van der Waals surface area contributed by atoms with Crippen LogP contribution in [0.3, 0.4) is 0 Å². The highest BCUT2D eigenvalue weighted by Crippen LogP contribution is 2.29. The Hall–Kier alpha value is -3.62. The first-order valence-electron chi connectivity index (χ1n) is 12.3. The Morgan fingerprint density at radius 3 is 2.33 bits per heavy atom. The zero-order valence-electron chi connectivity index (χ0n) is 20.7. The van der Waals surface area contributed by atoms with Crippen molar-refractivity contribution in [3.8, 4) is 5.75 Å². The van der Waals surface area contributed by atoms with Gasteiger partial charge in [0, 0.05) is 38.3 Å². The third-order valence-electron chi connectivity index (χ3n) is 6.80. The number of rotatable bonds is 8. The molecule has 0 spiro atoms. The molecule has 7 nitrogen and oxygen atoms in total. The SMILES string of the molecule is COc1ccccc1CN1CCN([C@H](c2ccc(C)cc2)c2nnnn2Cc2ccc(F)cc2)CC1. The Morgan fingerprint density at radius 2 is 1.61 bits per heavy atom. The molecule has 1 aliphatic heterocycles. The lowest BCUT2D eigenvalue weighted by atomic mass is 10.0. The first-order valence-corrected chi connectivity index (χ1v) is 12.3. The number of benzene rings is 3. The van der Waals surface area contributed by atoms with Crippen LogP contribution < -0.4 is 4.74 Å². The summed E-state index contributed by atoms with van der Waals surface area (Å²) in [6.07, 6.45) is 0. The molecule has 2 heterocycles. The van der Waals surface area contributed by atoms with Crippen LogP contribution in [0, 0.1) is 12.7 Å². The van der Waals surface area contributed by atoms with Crippen LogP contribution in [0.15, 0.2) is 72.8 Å². The molecule has 8 heteroatoms. The molecule has 0 amide bonds. The van der Waals surface area contributed by atoms with Gasteiger partial charge in [0.25, 0.3) is 0 Å². The maximum atomic E-state index is 13.4. The zero-order chi connectivity index (χ0) is 24.9. The Bertz CT molecular complexity index is 1270. The lowest BCUT2D eigenvalue weighted by molar-refractivity contribution is 0.0997. The number of aryl methyl sites for hydroxylation is 1.